The highest BCUT2D eigenvalue weighted by molar-refractivity contribution is 7.84. The average Bonchev–Trinajstić information content (AvgIpc) is 3.33. The molecule has 0 bridgehead atoms. The second-order valence-corrected chi connectivity index (χ2v) is 14.2. The van der Waals surface area contributed by atoms with Gasteiger partial charge >= 0.3 is 6.18 Å². The summed E-state index contributed by atoms with van der Waals surface area (Å²) < 4.78 is 76.3. The van der Waals surface area contributed by atoms with Crippen LogP contribution in [0.5, 0.6) is 17.2 Å². The Bertz CT molecular complexity index is 1620. The number of aromatic nitrogens is 1. The van der Waals surface area contributed by atoms with Crippen molar-refractivity contribution in [3.05, 3.63) is 70.4 Å². The molecule has 3 aromatic rings. The van der Waals surface area contributed by atoms with E-state index in [1.807, 2.05) is 0 Å². The molecule has 0 aliphatic carbocycles. The van der Waals surface area contributed by atoms with Gasteiger partial charge in [0.2, 0.25) is 5.60 Å². The van der Waals surface area contributed by atoms with Gasteiger partial charge in [-0.05, 0) is 64.1 Å². The van der Waals surface area contributed by atoms with E-state index >= 15 is 0 Å². The van der Waals surface area contributed by atoms with E-state index in [4.69, 9.17) is 30.9 Å². The van der Waals surface area contributed by atoms with Gasteiger partial charge < -0.3 is 29.7 Å². The monoisotopic (exact) mass is 685 g/mol. The fourth-order valence-electron chi connectivity index (χ4n) is 4.57. The topological polar surface area (TPSA) is 139 Å². The summed E-state index contributed by atoms with van der Waals surface area (Å²) >= 11 is 6.05. The van der Waals surface area contributed by atoms with E-state index in [-0.39, 0.29) is 53.9 Å². The number of hydrogen-bond acceptors (Lipinski definition) is 8. The molecule has 15 heteroatoms. The van der Waals surface area contributed by atoms with Crippen molar-refractivity contribution in [2.24, 2.45) is 0 Å². The summed E-state index contributed by atoms with van der Waals surface area (Å²) in [6.07, 6.45) is -5.31. The van der Waals surface area contributed by atoms with Crippen LogP contribution in [0.3, 0.4) is 0 Å². The van der Waals surface area contributed by atoms with E-state index in [0.29, 0.717) is 10.6 Å². The number of rotatable bonds is 11. The molecule has 2 aromatic carbocycles. The first-order chi connectivity index (χ1) is 21.4. The van der Waals surface area contributed by atoms with E-state index in [1.165, 1.54) is 37.4 Å². The summed E-state index contributed by atoms with van der Waals surface area (Å²) in [7, 11) is -0.340. The Morgan fingerprint density at radius 1 is 1.13 bits per heavy atom. The van der Waals surface area contributed by atoms with Crippen LogP contribution in [0.1, 0.15) is 49.3 Å². The predicted molar refractivity (Wildman–Crippen MR) is 166 cm³/mol. The van der Waals surface area contributed by atoms with Crippen LogP contribution < -0.4 is 24.2 Å². The third-order valence-corrected chi connectivity index (χ3v) is 9.24. The molecule has 1 aliphatic rings. The van der Waals surface area contributed by atoms with Gasteiger partial charge in [-0.3, -0.25) is 4.79 Å². The van der Waals surface area contributed by atoms with Gasteiger partial charge in [-0.1, -0.05) is 23.7 Å². The number of aliphatic hydroxyl groups excluding tert-OH is 1. The lowest BCUT2D eigenvalue weighted by atomic mass is 9.89. The highest BCUT2D eigenvalue weighted by Gasteiger charge is 2.57. The van der Waals surface area contributed by atoms with Crippen molar-refractivity contribution in [2.75, 3.05) is 33.5 Å². The van der Waals surface area contributed by atoms with Crippen LogP contribution in [-0.2, 0) is 22.1 Å². The fraction of sp³-hybridized carbons (Fsp3) is 0.419. The quantitative estimate of drug-likeness (QED) is 0.229. The molecule has 46 heavy (non-hydrogen) atoms. The molecule has 3 unspecified atom stereocenters. The molecule has 2 heterocycles. The number of carbonyl (C=O) groups is 1. The SMILES string of the molecule is COc1cc(C(=O)NCC(O)(c2cc3c(c(-c4ccc(Cl)cc4)n2)OCC3(C)NS(=O)C(C)(C)C)C(F)(F)F)ccc1OCCO. The molecule has 1 aromatic heterocycles. The number of nitrogens with zero attached hydrogens (tertiary/aromatic N) is 1. The second kappa shape index (κ2) is 13.4. The molecule has 0 fully saturated rings. The summed E-state index contributed by atoms with van der Waals surface area (Å²) in [5.41, 5.74) is -5.25. The molecule has 4 N–H and O–H groups in total. The Labute approximate surface area is 271 Å². The molecule has 10 nitrogen and oxygen atoms in total. The van der Waals surface area contributed by atoms with Crippen molar-refractivity contribution in [3.63, 3.8) is 0 Å². The third-order valence-electron chi connectivity index (χ3n) is 7.24. The van der Waals surface area contributed by atoms with Gasteiger partial charge in [0, 0.05) is 21.7 Å². The Balaban J connectivity index is 1.78. The summed E-state index contributed by atoms with van der Waals surface area (Å²) in [6.45, 7) is 5.15. The third kappa shape index (κ3) is 7.26. The number of amides is 1. The largest absolute Gasteiger partial charge is 0.493 e. The van der Waals surface area contributed by atoms with Crippen molar-refractivity contribution in [2.45, 2.75) is 49.8 Å². The number of nitrogens with one attached hydrogen (secondary N) is 2. The van der Waals surface area contributed by atoms with E-state index < -0.39 is 51.2 Å². The molecule has 1 aliphatic heterocycles. The summed E-state index contributed by atoms with van der Waals surface area (Å²) in [6, 6.07) is 11.1. The Hall–Kier alpha value is -3.43. The van der Waals surface area contributed by atoms with Crippen LogP contribution in [-0.4, -0.2) is 69.7 Å². The number of carbonyl (C=O) groups excluding carboxylic acids is 1. The van der Waals surface area contributed by atoms with Gasteiger partial charge in [-0.25, -0.2) is 13.9 Å². The Morgan fingerprint density at radius 2 is 1.80 bits per heavy atom. The molecule has 0 spiro atoms. The van der Waals surface area contributed by atoms with Gasteiger partial charge in [-0.15, -0.1) is 0 Å². The zero-order valence-corrected chi connectivity index (χ0v) is 27.3. The van der Waals surface area contributed by atoms with E-state index in [0.717, 1.165) is 6.07 Å². The smallest absolute Gasteiger partial charge is 0.424 e. The number of halogens is 4. The molecule has 0 saturated carbocycles. The van der Waals surface area contributed by atoms with Crippen molar-refractivity contribution in [3.8, 4) is 28.5 Å². The maximum atomic E-state index is 14.8. The maximum Gasteiger partial charge on any atom is 0.424 e. The van der Waals surface area contributed by atoms with Gasteiger partial charge in [-0.2, -0.15) is 13.2 Å². The zero-order chi connectivity index (χ0) is 34.1. The van der Waals surface area contributed by atoms with Gasteiger partial charge in [0.15, 0.2) is 17.2 Å². The molecular formula is C31H35ClF3N3O7S. The summed E-state index contributed by atoms with van der Waals surface area (Å²) in [5, 5.41) is 22.9. The molecule has 0 saturated heterocycles. The molecule has 3 atom stereocenters. The summed E-state index contributed by atoms with van der Waals surface area (Å²) in [5.74, 6) is -0.469. The first-order valence-electron chi connectivity index (χ1n) is 14.1. The molecule has 0 radical (unpaired) electrons. The number of methoxy groups -OCH3 is 1. The predicted octanol–water partition coefficient (Wildman–Crippen LogP) is 4.62. The number of aliphatic hydroxyl groups is 2. The van der Waals surface area contributed by atoms with Crippen molar-refractivity contribution in [1.82, 2.24) is 15.0 Å². The first-order valence-corrected chi connectivity index (χ1v) is 15.6. The number of fused-ring (bicyclic) bond motifs is 1. The maximum absolute atomic E-state index is 14.8. The normalized spacial score (nSPS) is 18.2. The van der Waals surface area contributed by atoms with Crippen LogP contribution in [0.25, 0.3) is 11.3 Å². The van der Waals surface area contributed by atoms with E-state index in [2.05, 4.69) is 15.0 Å². The van der Waals surface area contributed by atoms with Crippen LogP contribution in [0.2, 0.25) is 5.02 Å². The van der Waals surface area contributed by atoms with E-state index in [1.54, 1.807) is 39.8 Å². The lowest BCUT2D eigenvalue weighted by molar-refractivity contribution is -0.265. The average molecular weight is 686 g/mol. The highest BCUT2D eigenvalue weighted by atomic mass is 35.5. The number of alkyl halides is 3. The molecule has 250 valence electrons. The number of hydrogen-bond donors (Lipinski definition) is 4. The van der Waals surface area contributed by atoms with Crippen LogP contribution in [0.15, 0.2) is 48.5 Å². The molecular weight excluding hydrogens is 651 g/mol. The van der Waals surface area contributed by atoms with Crippen LogP contribution in [0.4, 0.5) is 13.2 Å². The van der Waals surface area contributed by atoms with Crippen molar-refractivity contribution >= 4 is 28.5 Å². The van der Waals surface area contributed by atoms with Gasteiger partial charge in [0.05, 0.1) is 47.2 Å². The second-order valence-electron chi connectivity index (χ2n) is 11.8. The minimum atomic E-state index is -5.31. The van der Waals surface area contributed by atoms with Crippen LogP contribution >= 0.6 is 11.6 Å². The lowest BCUT2D eigenvalue weighted by Crippen LogP contribution is -2.52. The number of ether oxygens (including phenoxy) is 3. The number of benzene rings is 2. The zero-order valence-electron chi connectivity index (χ0n) is 25.8. The van der Waals surface area contributed by atoms with Crippen molar-refractivity contribution in [1.29, 1.82) is 0 Å². The summed E-state index contributed by atoms with van der Waals surface area (Å²) in [4.78, 5) is 17.3. The number of pyridine rings is 1. The first kappa shape index (κ1) is 35.4. The lowest BCUT2D eigenvalue weighted by Gasteiger charge is -2.32. The highest BCUT2D eigenvalue weighted by Crippen LogP contribution is 2.47. The van der Waals surface area contributed by atoms with Gasteiger partial charge in [0.1, 0.15) is 18.9 Å². The van der Waals surface area contributed by atoms with Crippen molar-refractivity contribution < 1.29 is 46.6 Å². The minimum absolute atomic E-state index is 0.00608. The Morgan fingerprint density at radius 3 is 2.39 bits per heavy atom. The Kier molecular flexibility index (Phi) is 10.3. The fourth-order valence-corrected chi connectivity index (χ4v) is 5.58. The molecule has 1 amide bonds. The standard InChI is InChI=1S/C31H35ClF3N3O7S/c1-28(2,3)46(42)38-29(4)17-45-26-21(29)15-24(37-25(26)18-6-9-20(32)10-7-18)30(41,31(33,34)35)16-36-27(40)19-8-11-22(44-13-12-39)23(14-19)43-5/h6-11,14-15,38-39,41H,12-13,16-17H2,1-5H3,(H,36,40). The molecule has 4 rings (SSSR count). The van der Waals surface area contributed by atoms with E-state index in [9.17, 15) is 27.3 Å². The van der Waals surface area contributed by atoms with Crippen LogP contribution in [0, 0.1) is 0 Å². The minimum Gasteiger partial charge on any atom is -0.493 e. The van der Waals surface area contributed by atoms with Gasteiger partial charge in [0.25, 0.3) is 5.91 Å².